The third kappa shape index (κ3) is 1.91. The Balaban J connectivity index is 2.03. The maximum atomic E-state index is 9.39. The number of nitrogens with two attached hydrogens (primary N) is 1. The molecule has 1 aliphatic rings. The highest BCUT2D eigenvalue weighted by molar-refractivity contribution is 6.28. The molecule has 104 valence electrons. The summed E-state index contributed by atoms with van der Waals surface area (Å²) in [7, 11) is 0. The van der Waals surface area contributed by atoms with Gasteiger partial charge >= 0.3 is 0 Å². The number of ether oxygens (including phenoxy) is 1. The van der Waals surface area contributed by atoms with Gasteiger partial charge in [0.05, 0.1) is 12.0 Å². The molecule has 0 amide bonds. The van der Waals surface area contributed by atoms with Crippen LogP contribution in [0.2, 0.25) is 5.28 Å². The van der Waals surface area contributed by atoms with Gasteiger partial charge in [-0.15, -0.1) is 6.42 Å². The van der Waals surface area contributed by atoms with E-state index in [2.05, 4.69) is 15.9 Å². The highest BCUT2D eigenvalue weighted by Gasteiger charge is 2.39. The van der Waals surface area contributed by atoms with Gasteiger partial charge in [0, 0.05) is 6.20 Å². The molecule has 1 aliphatic heterocycles. The predicted octanol–water partition coefficient (Wildman–Crippen LogP) is 1.34. The molecule has 0 spiro atoms. The van der Waals surface area contributed by atoms with Gasteiger partial charge in [0.15, 0.2) is 5.60 Å². The van der Waals surface area contributed by atoms with Crippen molar-refractivity contribution in [2.45, 2.75) is 24.7 Å². The van der Waals surface area contributed by atoms with Crippen LogP contribution in [0.1, 0.15) is 19.1 Å². The van der Waals surface area contributed by atoms with Crippen LogP contribution in [0.25, 0.3) is 11.0 Å². The largest absolute Gasteiger partial charge is 0.392 e. The molecule has 0 radical (unpaired) electrons. The molecule has 3 rings (SSSR count). The SMILES string of the molecule is C#CC1(CO)CCC(n2ccc3c(N)nc(Cl)nc32)O1. The molecule has 2 aromatic rings. The zero-order chi connectivity index (χ0) is 14.3. The minimum Gasteiger partial charge on any atom is -0.392 e. The van der Waals surface area contributed by atoms with Gasteiger partial charge in [-0.25, -0.2) is 4.98 Å². The molecule has 2 unspecified atom stereocenters. The first-order valence-electron chi connectivity index (χ1n) is 6.14. The van der Waals surface area contributed by atoms with Gasteiger partial charge in [0.1, 0.15) is 17.7 Å². The van der Waals surface area contributed by atoms with Crippen molar-refractivity contribution in [1.82, 2.24) is 14.5 Å². The van der Waals surface area contributed by atoms with Crippen LogP contribution in [0.3, 0.4) is 0 Å². The lowest BCUT2D eigenvalue weighted by atomic mass is 10.0. The van der Waals surface area contributed by atoms with Gasteiger partial charge in [-0.05, 0) is 30.5 Å². The number of nitrogens with zero attached hydrogens (tertiary/aromatic N) is 3. The number of halogens is 1. The Morgan fingerprint density at radius 3 is 3.10 bits per heavy atom. The van der Waals surface area contributed by atoms with E-state index in [1.165, 1.54) is 0 Å². The molecule has 2 aromatic heterocycles. The molecule has 0 aliphatic carbocycles. The molecule has 0 aromatic carbocycles. The van der Waals surface area contributed by atoms with Gasteiger partial charge in [-0.3, -0.25) is 0 Å². The number of terminal acetylenes is 1. The standard InChI is InChI=1S/C13H13ClN4O2/c1-2-13(7-19)5-3-9(20-13)18-6-4-8-10(15)16-12(14)17-11(8)18/h1,4,6,9,19H,3,5,7H2,(H2,15,16,17). The molecule has 20 heavy (non-hydrogen) atoms. The fourth-order valence-electron chi connectivity index (χ4n) is 2.46. The second-order valence-corrected chi connectivity index (χ2v) is 5.08. The molecule has 3 heterocycles. The van der Waals surface area contributed by atoms with E-state index in [0.717, 1.165) is 0 Å². The zero-order valence-corrected chi connectivity index (χ0v) is 11.3. The molecule has 7 heteroatoms. The zero-order valence-electron chi connectivity index (χ0n) is 10.6. The van der Waals surface area contributed by atoms with E-state index >= 15 is 0 Å². The Hall–Kier alpha value is -1.81. The molecule has 3 N–H and O–H groups in total. The van der Waals surface area contributed by atoms with Crippen LogP contribution in [0.5, 0.6) is 0 Å². The Morgan fingerprint density at radius 1 is 1.65 bits per heavy atom. The molecule has 0 bridgehead atoms. The molecule has 1 fully saturated rings. The third-order valence-corrected chi connectivity index (χ3v) is 3.73. The molecule has 2 atom stereocenters. The number of hydrogen-bond acceptors (Lipinski definition) is 5. The minimum absolute atomic E-state index is 0.0818. The summed E-state index contributed by atoms with van der Waals surface area (Å²) >= 11 is 5.84. The number of hydrogen-bond donors (Lipinski definition) is 2. The van der Waals surface area contributed by atoms with Crippen molar-refractivity contribution >= 4 is 28.5 Å². The fourth-order valence-corrected chi connectivity index (χ4v) is 2.63. The third-order valence-electron chi connectivity index (χ3n) is 3.56. The molecular formula is C13H13ClN4O2. The molecule has 6 nitrogen and oxygen atoms in total. The predicted molar refractivity (Wildman–Crippen MR) is 75.0 cm³/mol. The van der Waals surface area contributed by atoms with E-state index in [9.17, 15) is 5.11 Å². The van der Waals surface area contributed by atoms with Gasteiger partial charge in [-0.1, -0.05) is 5.92 Å². The Bertz CT molecular complexity index is 708. The van der Waals surface area contributed by atoms with Gasteiger partial charge in [0.2, 0.25) is 5.28 Å². The first-order valence-corrected chi connectivity index (χ1v) is 6.52. The van der Waals surface area contributed by atoms with E-state index in [1.54, 1.807) is 12.3 Å². The van der Waals surface area contributed by atoms with Crippen molar-refractivity contribution < 1.29 is 9.84 Å². The number of aromatic nitrogens is 3. The number of rotatable bonds is 2. The van der Waals surface area contributed by atoms with E-state index in [0.29, 0.717) is 29.7 Å². The van der Waals surface area contributed by atoms with E-state index in [4.69, 9.17) is 28.5 Å². The summed E-state index contributed by atoms with van der Waals surface area (Å²) in [5.41, 5.74) is 5.48. The second-order valence-electron chi connectivity index (χ2n) is 4.75. The van der Waals surface area contributed by atoms with Crippen molar-refractivity contribution in [1.29, 1.82) is 0 Å². The molecule has 1 saturated heterocycles. The van der Waals surface area contributed by atoms with Crippen LogP contribution in [0.4, 0.5) is 5.82 Å². The highest BCUT2D eigenvalue weighted by atomic mass is 35.5. The minimum atomic E-state index is -0.927. The summed E-state index contributed by atoms with van der Waals surface area (Å²) in [4.78, 5) is 8.09. The summed E-state index contributed by atoms with van der Waals surface area (Å²) in [6, 6.07) is 1.80. The van der Waals surface area contributed by atoms with Crippen LogP contribution in [0, 0.1) is 12.3 Å². The van der Waals surface area contributed by atoms with Crippen LogP contribution in [-0.2, 0) is 4.74 Å². The second kappa shape index (κ2) is 4.63. The Labute approximate surface area is 120 Å². The number of fused-ring (bicyclic) bond motifs is 1. The quantitative estimate of drug-likeness (QED) is 0.644. The van der Waals surface area contributed by atoms with Crippen molar-refractivity contribution in [2.24, 2.45) is 0 Å². The monoisotopic (exact) mass is 292 g/mol. The van der Waals surface area contributed by atoms with Crippen molar-refractivity contribution in [3.8, 4) is 12.3 Å². The summed E-state index contributed by atoms with van der Waals surface area (Å²) in [6.07, 6.45) is 8.21. The fraction of sp³-hybridized carbons (Fsp3) is 0.385. The number of nitrogen functional groups attached to an aromatic ring is 1. The van der Waals surface area contributed by atoms with E-state index in [1.807, 2.05) is 4.57 Å². The number of anilines is 1. The van der Waals surface area contributed by atoms with Crippen LogP contribution in [-0.4, -0.2) is 31.8 Å². The Morgan fingerprint density at radius 2 is 2.45 bits per heavy atom. The molecule has 0 saturated carbocycles. The summed E-state index contributed by atoms with van der Waals surface area (Å²) in [5.74, 6) is 2.84. The van der Waals surface area contributed by atoms with E-state index in [-0.39, 0.29) is 18.1 Å². The normalized spacial score (nSPS) is 25.9. The van der Waals surface area contributed by atoms with Crippen LogP contribution in [0.15, 0.2) is 12.3 Å². The smallest absolute Gasteiger partial charge is 0.226 e. The van der Waals surface area contributed by atoms with Crippen LogP contribution < -0.4 is 5.73 Å². The summed E-state index contributed by atoms with van der Waals surface area (Å²) in [6.45, 7) is -0.211. The maximum absolute atomic E-state index is 9.39. The van der Waals surface area contributed by atoms with Gasteiger partial charge < -0.3 is 20.1 Å². The van der Waals surface area contributed by atoms with Gasteiger partial charge in [0.25, 0.3) is 0 Å². The topological polar surface area (TPSA) is 86.2 Å². The number of aliphatic hydroxyl groups is 1. The maximum Gasteiger partial charge on any atom is 0.226 e. The molecular weight excluding hydrogens is 280 g/mol. The first kappa shape index (κ1) is 13.2. The van der Waals surface area contributed by atoms with Gasteiger partial charge in [-0.2, -0.15) is 4.98 Å². The summed E-state index contributed by atoms with van der Waals surface area (Å²) in [5, 5.41) is 10.2. The van der Waals surface area contributed by atoms with Crippen molar-refractivity contribution in [2.75, 3.05) is 12.3 Å². The highest BCUT2D eigenvalue weighted by Crippen LogP contribution is 2.37. The van der Waals surface area contributed by atoms with Crippen LogP contribution >= 0.6 is 11.6 Å². The Kier molecular flexibility index (Phi) is 3.05. The lowest BCUT2D eigenvalue weighted by molar-refractivity contribution is -0.0615. The van der Waals surface area contributed by atoms with Crippen molar-refractivity contribution in [3.63, 3.8) is 0 Å². The van der Waals surface area contributed by atoms with E-state index < -0.39 is 5.60 Å². The number of aliphatic hydroxyl groups excluding tert-OH is 1. The lowest BCUT2D eigenvalue weighted by Gasteiger charge is -2.21. The average Bonchev–Trinajstić information content (AvgIpc) is 3.02. The average molecular weight is 293 g/mol. The lowest BCUT2D eigenvalue weighted by Crippen LogP contribution is -2.31. The summed E-state index contributed by atoms with van der Waals surface area (Å²) < 4.78 is 7.63. The van der Waals surface area contributed by atoms with Crippen molar-refractivity contribution in [3.05, 3.63) is 17.5 Å². The first-order chi connectivity index (χ1) is 9.58.